The predicted octanol–water partition coefficient (Wildman–Crippen LogP) is 2.24. The van der Waals surface area contributed by atoms with Crippen LogP contribution in [-0.2, 0) is 17.6 Å². The van der Waals surface area contributed by atoms with E-state index < -0.39 is 5.91 Å². The Morgan fingerprint density at radius 3 is 2.48 bits per heavy atom. The molecule has 1 aliphatic rings. The van der Waals surface area contributed by atoms with E-state index in [0.29, 0.717) is 32.6 Å². The van der Waals surface area contributed by atoms with Crippen molar-refractivity contribution in [3.8, 4) is 0 Å². The molecule has 0 radical (unpaired) electrons. The summed E-state index contributed by atoms with van der Waals surface area (Å²) in [7, 11) is 0. The fraction of sp³-hybridized carbons (Fsp3) is 0.333. The first kappa shape index (κ1) is 19.3. The number of anilines is 1. The van der Waals surface area contributed by atoms with Crippen LogP contribution in [-0.4, -0.2) is 52.9 Å². The number of piperazine rings is 1. The van der Waals surface area contributed by atoms with Gasteiger partial charge in [-0.25, -0.2) is 9.97 Å². The third kappa shape index (κ3) is 4.07. The van der Waals surface area contributed by atoms with Gasteiger partial charge < -0.3 is 15.5 Å². The number of carbonyl (C=O) groups excluding carboxylic acids is 2. The number of nitrogens with two attached hydrogens (primary N) is 1. The third-order valence-electron chi connectivity index (χ3n) is 5.12. The molecule has 1 saturated heterocycles. The third-order valence-corrected chi connectivity index (χ3v) is 6.30. The topological polar surface area (TPSA) is 92.4 Å². The Hall–Kier alpha value is -3.00. The number of primary amides is 1. The van der Waals surface area contributed by atoms with Crippen LogP contribution in [0.15, 0.2) is 36.4 Å². The van der Waals surface area contributed by atoms with Gasteiger partial charge in [0.2, 0.25) is 11.7 Å². The highest BCUT2D eigenvalue weighted by Gasteiger charge is 2.25. The van der Waals surface area contributed by atoms with Crippen LogP contribution in [0.5, 0.6) is 0 Å². The Balaban J connectivity index is 1.52. The van der Waals surface area contributed by atoms with Crippen molar-refractivity contribution in [1.29, 1.82) is 0 Å². The van der Waals surface area contributed by atoms with Crippen molar-refractivity contribution in [1.82, 2.24) is 14.9 Å². The molecule has 0 bridgehead atoms. The summed E-state index contributed by atoms with van der Waals surface area (Å²) in [6, 6.07) is 11.9. The van der Waals surface area contributed by atoms with Crippen LogP contribution < -0.4 is 10.6 Å². The zero-order valence-corrected chi connectivity index (χ0v) is 17.1. The van der Waals surface area contributed by atoms with E-state index in [9.17, 15) is 9.59 Å². The molecule has 29 heavy (non-hydrogen) atoms. The van der Waals surface area contributed by atoms with Crippen molar-refractivity contribution in [2.24, 2.45) is 5.73 Å². The molecule has 4 rings (SSSR count). The van der Waals surface area contributed by atoms with Gasteiger partial charge in [0.25, 0.3) is 5.91 Å². The van der Waals surface area contributed by atoms with Crippen LogP contribution in [0.4, 0.5) is 5.82 Å². The number of hydrogen-bond acceptors (Lipinski definition) is 6. The molecular formula is C21H23N5O2S. The Morgan fingerprint density at radius 2 is 1.83 bits per heavy atom. The van der Waals surface area contributed by atoms with Gasteiger partial charge in [-0.2, -0.15) is 0 Å². The molecule has 2 amide bonds. The number of benzene rings is 1. The Labute approximate surface area is 173 Å². The molecule has 2 aromatic heterocycles. The average molecular weight is 410 g/mol. The zero-order valence-electron chi connectivity index (χ0n) is 16.3. The minimum atomic E-state index is -0.628. The SMILES string of the molecule is CCc1cc2c(N3CCN(C(=O)Cc4ccccc4)CC3)nc(C(N)=O)nc2s1. The van der Waals surface area contributed by atoms with Crippen molar-refractivity contribution in [2.75, 3.05) is 31.1 Å². The molecule has 1 fully saturated rings. The predicted molar refractivity (Wildman–Crippen MR) is 114 cm³/mol. The number of hydrogen-bond donors (Lipinski definition) is 1. The summed E-state index contributed by atoms with van der Waals surface area (Å²) in [5.74, 6) is 0.274. The van der Waals surface area contributed by atoms with Gasteiger partial charge in [0, 0.05) is 31.1 Å². The van der Waals surface area contributed by atoms with Crippen LogP contribution in [0.1, 0.15) is 28.0 Å². The molecule has 2 N–H and O–H groups in total. The lowest BCUT2D eigenvalue weighted by Crippen LogP contribution is -2.49. The number of aromatic nitrogens is 2. The van der Waals surface area contributed by atoms with Crippen LogP contribution >= 0.6 is 11.3 Å². The normalized spacial score (nSPS) is 14.4. The van der Waals surface area contributed by atoms with Gasteiger partial charge in [-0.1, -0.05) is 37.3 Å². The first-order valence-corrected chi connectivity index (χ1v) is 10.5. The second-order valence-electron chi connectivity index (χ2n) is 7.05. The van der Waals surface area contributed by atoms with Crippen molar-refractivity contribution in [2.45, 2.75) is 19.8 Å². The van der Waals surface area contributed by atoms with Crippen LogP contribution in [0.25, 0.3) is 10.2 Å². The standard InChI is InChI=1S/C21H23N5O2S/c1-2-15-13-16-20(23-19(18(22)28)24-21(16)29-15)26-10-8-25(9-11-26)17(27)12-14-6-4-3-5-7-14/h3-7,13H,2,8-12H2,1H3,(H2,22,28). The minimum Gasteiger partial charge on any atom is -0.363 e. The molecule has 0 unspecified atom stereocenters. The van der Waals surface area contributed by atoms with Crippen LogP contribution in [0.3, 0.4) is 0 Å². The molecule has 8 heteroatoms. The molecular weight excluding hydrogens is 386 g/mol. The monoisotopic (exact) mass is 409 g/mol. The number of nitrogens with zero attached hydrogens (tertiary/aromatic N) is 4. The summed E-state index contributed by atoms with van der Waals surface area (Å²) in [4.78, 5) is 39.1. The Bertz CT molecular complexity index is 1040. The van der Waals surface area contributed by atoms with Gasteiger partial charge in [0.1, 0.15) is 10.6 Å². The Morgan fingerprint density at radius 1 is 1.10 bits per heavy atom. The van der Waals surface area contributed by atoms with E-state index >= 15 is 0 Å². The number of amides is 2. The Kier molecular flexibility index (Phi) is 5.44. The molecule has 0 saturated carbocycles. The lowest BCUT2D eigenvalue weighted by atomic mass is 10.1. The maximum Gasteiger partial charge on any atom is 0.286 e. The van der Waals surface area contributed by atoms with Crippen LogP contribution in [0, 0.1) is 0 Å². The van der Waals surface area contributed by atoms with Gasteiger partial charge in [-0.15, -0.1) is 11.3 Å². The van der Waals surface area contributed by atoms with Gasteiger partial charge in [-0.3, -0.25) is 9.59 Å². The number of fused-ring (bicyclic) bond motifs is 1. The van der Waals surface area contributed by atoms with Crippen molar-refractivity contribution in [3.05, 3.63) is 52.7 Å². The van der Waals surface area contributed by atoms with Gasteiger partial charge >= 0.3 is 0 Å². The largest absolute Gasteiger partial charge is 0.363 e. The van der Waals surface area contributed by atoms with Crippen molar-refractivity contribution < 1.29 is 9.59 Å². The minimum absolute atomic E-state index is 0.0413. The van der Waals surface area contributed by atoms with E-state index in [4.69, 9.17) is 5.73 Å². The van der Waals surface area contributed by atoms with Gasteiger partial charge in [0.05, 0.1) is 11.8 Å². The zero-order chi connectivity index (χ0) is 20.4. The number of carbonyl (C=O) groups is 2. The second-order valence-corrected chi connectivity index (χ2v) is 8.17. The number of aryl methyl sites for hydroxylation is 1. The summed E-state index contributed by atoms with van der Waals surface area (Å²) >= 11 is 1.56. The molecule has 0 spiro atoms. The molecule has 3 heterocycles. The highest BCUT2D eigenvalue weighted by molar-refractivity contribution is 7.18. The maximum atomic E-state index is 12.6. The first-order valence-electron chi connectivity index (χ1n) is 9.72. The highest BCUT2D eigenvalue weighted by atomic mass is 32.1. The summed E-state index contributed by atoms with van der Waals surface area (Å²) in [6.07, 6.45) is 1.31. The second kappa shape index (κ2) is 8.16. The van der Waals surface area contributed by atoms with E-state index in [0.717, 1.165) is 28.0 Å². The molecule has 1 aromatic carbocycles. The van der Waals surface area contributed by atoms with E-state index in [-0.39, 0.29) is 11.7 Å². The van der Waals surface area contributed by atoms with E-state index in [1.54, 1.807) is 11.3 Å². The summed E-state index contributed by atoms with van der Waals surface area (Å²) in [5.41, 5.74) is 6.47. The van der Waals surface area contributed by atoms with Gasteiger partial charge in [-0.05, 0) is 18.1 Å². The van der Waals surface area contributed by atoms with E-state index in [2.05, 4.69) is 27.9 Å². The highest BCUT2D eigenvalue weighted by Crippen LogP contribution is 2.32. The first-order chi connectivity index (χ1) is 14.0. The number of rotatable bonds is 5. The maximum absolute atomic E-state index is 12.6. The van der Waals surface area contributed by atoms with E-state index in [1.807, 2.05) is 35.2 Å². The summed E-state index contributed by atoms with van der Waals surface area (Å²) in [6.45, 7) is 4.63. The van der Waals surface area contributed by atoms with Crippen molar-refractivity contribution >= 4 is 39.2 Å². The van der Waals surface area contributed by atoms with E-state index in [1.165, 1.54) is 4.88 Å². The number of thiophene rings is 1. The fourth-order valence-electron chi connectivity index (χ4n) is 3.53. The molecule has 7 nitrogen and oxygen atoms in total. The average Bonchev–Trinajstić information content (AvgIpc) is 3.17. The lowest BCUT2D eigenvalue weighted by Gasteiger charge is -2.35. The smallest absolute Gasteiger partial charge is 0.286 e. The molecule has 0 aliphatic carbocycles. The summed E-state index contributed by atoms with van der Waals surface area (Å²) in [5, 5.41) is 0.945. The quantitative estimate of drug-likeness (QED) is 0.698. The lowest BCUT2D eigenvalue weighted by molar-refractivity contribution is -0.130. The summed E-state index contributed by atoms with van der Waals surface area (Å²) < 4.78 is 0. The molecule has 0 atom stereocenters. The van der Waals surface area contributed by atoms with Crippen molar-refractivity contribution in [3.63, 3.8) is 0 Å². The molecule has 150 valence electrons. The molecule has 1 aliphatic heterocycles. The molecule has 3 aromatic rings. The fourth-order valence-corrected chi connectivity index (χ4v) is 4.49. The van der Waals surface area contributed by atoms with Crippen LogP contribution in [0.2, 0.25) is 0 Å². The van der Waals surface area contributed by atoms with Gasteiger partial charge in [0.15, 0.2) is 0 Å².